The van der Waals surface area contributed by atoms with E-state index in [1.54, 1.807) is 7.11 Å². The van der Waals surface area contributed by atoms with Crippen LogP contribution in [0.25, 0.3) is 0 Å². The van der Waals surface area contributed by atoms with Crippen LogP contribution in [0.1, 0.15) is 19.8 Å². The minimum Gasteiger partial charge on any atom is -0.464 e. The molecule has 5 heteroatoms. The summed E-state index contributed by atoms with van der Waals surface area (Å²) in [5.74, 6) is -0.339. The molecule has 15 heavy (non-hydrogen) atoms. The van der Waals surface area contributed by atoms with Crippen LogP contribution in [0.3, 0.4) is 0 Å². The number of esters is 1. The summed E-state index contributed by atoms with van der Waals surface area (Å²) in [6, 6.07) is -0.501. The van der Waals surface area contributed by atoms with E-state index in [-0.39, 0.29) is 5.97 Å². The molecule has 0 unspecified atom stereocenters. The van der Waals surface area contributed by atoms with Crippen molar-refractivity contribution in [2.24, 2.45) is 5.73 Å². The first kappa shape index (κ1) is 14.3. The van der Waals surface area contributed by atoms with E-state index >= 15 is 0 Å². The lowest BCUT2D eigenvalue weighted by atomic mass is 10.2. The van der Waals surface area contributed by atoms with E-state index in [1.165, 1.54) is 0 Å². The molecule has 0 radical (unpaired) electrons. The SMILES string of the molecule is CC[C@@H](N)C(=O)OCCCOCCOC. The second kappa shape index (κ2) is 9.89. The maximum Gasteiger partial charge on any atom is 0.322 e. The fraction of sp³-hybridized carbons (Fsp3) is 0.900. The summed E-state index contributed by atoms with van der Waals surface area (Å²) in [5.41, 5.74) is 5.47. The molecular formula is C10H21NO4. The highest BCUT2D eigenvalue weighted by Gasteiger charge is 2.11. The van der Waals surface area contributed by atoms with E-state index in [4.69, 9.17) is 19.9 Å². The normalized spacial score (nSPS) is 12.5. The molecule has 0 rings (SSSR count). The predicted octanol–water partition coefficient (Wildman–Crippen LogP) is 0.320. The second-order valence-corrected chi connectivity index (χ2v) is 3.14. The van der Waals surface area contributed by atoms with Gasteiger partial charge in [0.2, 0.25) is 0 Å². The minimum atomic E-state index is -0.501. The van der Waals surface area contributed by atoms with Crippen LogP contribution < -0.4 is 5.73 Å². The Hall–Kier alpha value is -0.650. The molecule has 0 saturated carbocycles. The highest BCUT2D eigenvalue weighted by molar-refractivity contribution is 5.75. The van der Waals surface area contributed by atoms with E-state index in [9.17, 15) is 4.79 Å². The van der Waals surface area contributed by atoms with Gasteiger partial charge in [-0.15, -0.1) is 0 Å². The predicted molar refractivity (Wildman–Crippen MR) is 56.5 cm³/mol. The number of methoxy groups -OCH3 is 1. The molecule has 90 valence electrons. The molecule has 0 aromatic heterocycles. The molecule has 1 atom stereocenters. The Labute approximate surface area is 90.9 Å². The van der Waals surface area contributed by atoms with Crippen molar-refractivity contribution < 1.29 is 19.0 Å². The van der Waals surface area contributed by atoms with E-state index in [2.05, 4.69) is 0 Å². The molecule has 0 amide bonds. The van der Waals surface area contributed by atoms with Crippen LogP contribution in [0, 0.1) is 0 Å². The van der Waals surface area contributed by atoms with Gasteiger partial charge >= 0.3 is 5.97 Å². The van der Waals surface area contributed by atoms with Gasteiger partial charge in [-0.1, -0.05) is 6.92 Å². The fourth-order valence-corrected chi connectivity index (χ4v) is 0.852. The number of hydrogen-bond donors (Lipinski definition) is 1. The van der Waals surface area contributed by atoms with Crippen molar-refractivity contribution in [1.82, 2.24) is 0 Å². The maximum atomic E-state index is 11.1. The van der Waals surface area contributed by atoms with Crippen LogP contribution in [-0.2, 0) is 19.0 Å². The molecule has 0 aliphatic heterocycles. The summed E-state index contributed by atoms with van der Waals surface area (Å²) >= 11 is 0. The molecule has 5 nitrogen and oxygen atoms in total. The minimum absolute atomic E-state index is 0.339. The van der Waals surface area contributed by atoms with Crippen molar-refractivity contribution >= 4 is 5.97 Å². The third-order valence-corrected chi connectivity index (χ3v) is 1.85. The largest absolute Gasteiger partial charge is 0.464 e. The van der Waals surface area contributed by atoms with E-state index < -0.39 is 6.04 Å². The summed E-state index contributed by atoms with van der Waals surface area (Å²) in [6.45, 7) is 3.93. The highest BCUT2D eigenvalue weighted by Crippen LogP contribution is 1.92. The summed E-state index contributed by atoms with van der Waals surface area (Å²) in [7, 11) is 1.62. The molecule has 0 heterocycles. The van der Waals surface area contributed by atoms with Gasteiger partial charge in [-0.05, 0) is 6.42 Å². The Morgan fingerprint density at radius 3 is 2.60 bits per heavy atom. The number of carbonyl (C=O) groups excluding carboxylic acids is 1. The van der Waals surface area contributed by atoms with Crippen LogP contribution >= 0.6 is 0 Å². The number of rotatable bonds is 9. The maximum absolute atomic E-state index is 11.1. The molecule has 0 spiro atoms. The van der Waals surface area contributed by atoms with Gasteiger partial charge in [-0.2, -0.15) is 0 Å². The summed E-state index contributed by atoms with van der Waals surface area (Å²) < 4.78 is 14.9. The van der Waals surface area contributed by atoms with Gasteiger partial charge in [0.15, 0.2) is 0 Å². The Morgan fingerprint density at radius 2 is 2.00 bits per heavy atom. The van der Waals surface area contributed by atoms with Crippen LogP contribution in [0.2, 0.25) is 0 Å². The Balaban J connectivity index is 3.20. The Morgan fingerprint density at radius 1 is 1.27 bits per heavy atom. The van der Waals surface area contributed by atoms with Gasteiger partial charge in [0.1, 0.15) is 6.04 Å². The van der Waals surface area contributed by atoms with Crippen LogP contribution in [0.15, 0.2) is 0 Å². The van der Waals surface area contributed by atoms with Crippen LogP contribution in [0.4, 0.5) is 0 Å². The summed E-state index contributed by atoms with van der Waals surface area (Å²) in [4.78, 5) is 11.1. The molecule has 2 N–H and O–H groups in total. The number of hydrogen-bond acceptors (Lipinski definition) is 5. The lowest BCUT2D eigenvalue weighted by molar-refractivity contribution is -0.145. The first-order valence-corrected chi connectivity index (χ1v) is 5.21. The molecule has 0 aromatic rings. The van der Waals surface area contributed by atoms with Crippen molar-refractivity contribution in [3.63, 3.8) is 0 Å². The Bertz CT molecular complexity index is 164. The third kappa shape index (κ3) is 8.35. The molecule has 0 aliphatic rings. The van der Waals surface area contributed by atoms with E-state index in [0.717, 1.165) is 0 Å². The van der Waals surface area contributed by atoms with Crippen molar-refractivity contribution in [2.45, 2.75) is 25.8 Å². The topological polar surface area (TPSA) is 70.8 Å². The Kier molecular flexibility index (Phi) is 9.46. The zero-order valence-corrected chi connectivity index (χ0v) is 9.53. The van der Waals surface area contributed by atoms with E-state index in [0.29, 0.717) is 39.3 Å². The summed E-state index contributed by atoms with van der Waals surface area (Å²) in [6.07, 6.45) is 1.29. The average Bonchev–Trinajstić information content (AvgIpc) is 2.26. The van der Waals surface area contributed by atoms with Gasteiger partial charge in [-0.3, -0.25) is 4.79 Å². The molecular weight excluding hydrogens is 198 g/mol. The van der Waals surface area contributed by atoms with Gasteiger partial charge < -0.3 is 19.9 Å². The highest BCUT2D eigenvalue weighted by atomic mass is 16.5. The smallest absolute Gasteiger partial charge is 0.322 e. The van der Waals surface area contributed by atoms with Gasteiger partial charge in [0.25, 0.3) is 0 Å². The van der Waals surface area contributed by atoms with Crippen molar-refractivity contribution in [2.75, 3.05) is 33.5 Å². The average molecular weight is 219 g/mol. The third-order valence-electron chi connectivity index (χ3n) is 1.85. The molecule has 0 saturated heterocycles. The fourth-order valence-electron chi connectivity index (χ4n) is 0.852. The second-order valence-electron chi connectivity index (χ2n) is 3.14. The molecule has 0 aliphatic carbocycles. The van der Waals surface area contributed by atoms with Gasteiger partial charge in [-0.25, -0.2) is 0 Å². The monoisotopic (exact) mass is 219 g/mol. The first-order chi connectivity index (χ1) is 7.22. The zero-order chi connectivity index (χ0) is 11.5. The van der Waals surface area contributed by atoms with Crippen molar-refractivity contribution in [1.29, 1.82) is 0 Å². The first-order valence-electron chi connectivity index (χ1n) is 5.21. The van der Waals surface area contributed by atoms with Gasteiger partial charge in [0.05, 0.1) is 19.8 Å². The van der Waals surface area contributed by atoms with E-state index in [1.807, 2.05) is 6.92 Å². The molecule has 0 aromatic carbocycles. The van der Waals surface area contributed by atoms with Crippen LogP contribution in [-0.4, -0.2) is 45.5 Å². The standard InChI is InChI=1S/C10H21NO4/c1-3-9(11)10(12)15-6-4-5-14-8-7-13-2/h9H,3-8,11H2,1-2H3/t9-/m1/s1. The number of ether oxygens (including phenoxy) is 3. The van der Waals surface area contributed by atoms with Crippen LogP contribution in [0.5, 0.6) is 0 Å². The quantitative estimate of drug-likeness (QED) is 0.446. The number of carbonyl (C=O) groups is 1. The zero-order valence-electron chi connectivity index (χ0n) is 9.53. The molecule has 0 fully saturated rings. The lowest BCUT2D eigenvalue weighted by Gasteiger charge is -2.09. The summed E-state index contributed by atoms with van der Waals surface area (Å²) in [5, 5.41) is 0. The van der Waals surface area contributed by atoms with Crippen molar-refractivity contribution in [3.05, 3.63) is 0 Å². The lowest BCUT2D eigenvalue weighted by Crippen LogP contribution is -2.31. The van der Waals surface area contributed by atoms with Gasteiger partial charge in [0, 0.05) is 20.1 Å². The molecule has 0 bridgehead atoms. The van der Waals surface area contributed by atoms with Crippen molar-refractivity contribution in [3.8, 4) is 0 Å². The number of nitrogens with two attached hydrogens (primary N) is 1.